The summed E-state index contributed by atoms with van der Waals surface area (Å²) in [4.78, 5) is 15.2. The number of aryl methyl sites for hydroxylation is 1. The highest BCUT2D eigenvalue weighted by Crippen LogP contribution is 2.33. The summed E-state index contributed by atoms with van der Waals surface area (Å²) in [5, 5.41) is 4.30. The summed E-state index contributed by atoms with van der Waals surface area (Å²) < 4.78 is 4.27. The van der Waals surface area contributed by atoms with Gasteiger partial charge in [0.05, 0.1) is 18.2 Å². The van der Waals surface area contributed by atoms with E-state index in [1.807, 2.05) is 16.9 Å². The molecule has 1 saturated carbocycles. The quantitative estimate of drug-likeness (QED) is 0.848. The van der Waals surface area contributed by atoms with E-state index in [1.54, 1.807) is 6.20 Å². The molecule has 1 unspecified atom stereocenters. The summed E-state index contributed by atoms with van der Waals surface area (Å²) in [5.74, 6) is 1.01. The molecule has 5 nitrogen and oxygen atoms in total. The predicted molar refractivity (Wildman–Crippen MR) is 92.9 cm³/mol. The van der Waals surface area contributed by atoms with Gasteiger partial charge in [0, 0.05) is 36.9 Å². The van der Waals surface area contributed by atoms with Crippen molar-refractivity contribution in [3.05, 3.63) is 41.5 Å². The minimum Gasteiger partial charge on any atom is -0.348 e. The lowest BCUT2D eigenvalue weighted by Crippen LogP contribution is -2.38. The first-order valence-corrected chi connectivity index (χ1v) is 9.08. The zero-order chi connectivity index (χ0) is 16.7. The molecule has 4 rings (SSSR count). The minimum absolute atomic E-state index is 0.194. The molecule has 1 aliphatic carbocycles. The highest BCUT2D eigenvalue weighted by Gasteiger charge is 2.32. The van der Waals surface area contributed by atoms with Crippen molar-refractivity contribution in [2.75, 3.05) is 6.54 Å². The Bertz CT molecular complexity index is 727. The van der Waals surface area contributed by atoms with Gasteiger partial charge in [-0.05, 0) is 57.6 Å². The van der Waals surface area contributed by atoms with Gasteiger partial charge in [0.2, 0.25) is 0 Å². The van der Waals surface area contributed by atoms with Gasteiger partial charge in [0.1, 0.15) is 0 Å². The fourth-order valence-electron chi connectivity index (χ4n) is 3.93. The Morgan fingerprint density at radius 1 is 1.25 bits per heavy atom. The van der Waals surface area contributed by atoms with Crippen LogP contribution in [-0.2, 0) is 13.1 Å². The van der Waals surface area contributed by atoms with Gasteiger partial charge in [-0.15, -0.1) is 0 Å². The summed E-state index contributed by atoms with van der Waals surface area (Å²) in [6.45, 7) is 6.94. The van der Waals surface area contributed by atoms with E-state index >= 15 is 0 Å². The second-order valence-corrected chi connectivity index (χ2v) is 7.36. The average Bonchev–Trinajstić information content (AvgIpc) is 2.95. The SMILES string of the molecule is Cc1cc(C(=O)N2CCCC2Cn2cccn2)c(C)n1CC1CC1. The van der Waals surface area contributed by atoms with E-state index in [4.69, 9.17) is 0 Å². The zero-order valence-corrected chi connectivity index (χ0v) is 14.6. The van der Waals surface area contributed by atoms with Gasteiger partial charge in [-0.3, -0.25) is 9.48 Å². The lowest BCUT2D eigenvalue weighted by molar-refractivity contribution is 0.0720. The van der Waals surface area contributed by atoms with Gasteiger partial charge < -0.3 is 9.47 Å². The molecule has 0 bridgehead atoms. The molecule has 0 N–H and O–H groups in total. The minimum atomic E-state index is 0.194. The van der Waals surface area contributed by atoms with Crippen LogP contribution in [0.15, 0.2) is 24.5 Å². The number of rotatable bonds is 5. The second kappa shape index (κ2) is 6.11. The first kappa shape index (κ1) is 15.5. The Labute approximate surface area is 143 Å². The Kier molecular flexibility index (Phi) is 3.94. The molecular weight excluding hydrogens is 300 g/mol. The number of amides is 1. The van der Waals surface area contributed by atoms with Crippen LogP contribution in [0.4, 0.5) is 0 Å². The number of hydrogen-bond donors (Lipinski definition) is 0. The molecule has 2 aromatic heterocycles. The van der Waals surface area contributed by atoms with E-state index in [0.717, 1.165) is 49.7 Å². The van der Waals surface area contributed by atoms with Crippen LogP contribution in [0.25, 0.3) is 0 Å². The molecule has 128 valence electrons. The fraction of sp³-hybridized carbons (Fsp3) is 0.579. The maximum atomic E-state index is 13.2. The lowest BCUT2D eigenvalue weighted by atomic mass is 10.1. The van der Waals surface area contributed by atoms with E-state index in [1.165, 1.54) is 18.5 Å². The van der Waals surface area contributed by atoms with Crippen molar-refractivity contribution in [3.8, 4) is 0 Å². The van der Waals surface area contributed by atoms with Crippen molar-refractivity contribution in [1.29, 1.82) is 0 Å². The van der Waals surface area contributed by atoms with Crippen molar-refractivity contribution < 1.29 is 4.79 Å². The monoisotopic (exact) mass is 326 g/mol. The number of aromatic nitrogens is 3. The van der Waals surface area contributed by atoms with E-state index < -0.39 is 0 Å². The molecule has 3 heterocycles. The Morgan fingerprint density at radius 2 is 2.08 bits per heavy atom. The third-order valence-corrected chi connectivity index (χ3v) is 5.54. The predicted octanol–water partition coefficient (Wildman–Crippen LogP) is 3.02. The molecule has 2 aromatic rings. The summed E-state index contributed by atoms with van der Waals surface area (Å²) in [7, 11) is 0. The Balaban J connectivity index is 1.54. The number of hydrogen-bond acceptors (Lipinski definition) is 2. The topological polar surface area (TPSA) is 43.1 Å². The molecule has 0 spiro atoms. The number of likely N-dealkylation sites (tertiary alicyclic amines) is 1. The summed E-state index contributed by atoms with van der Waals surface area (Å²) in [5.41, 5.74) is 3.24. The molecule has 2 aliphatic rings. The maximum absolute atomic E-state index is 13.2. The van der Waals surface area contributed by atoms with Gasteiger partial charge in [0.15, 0.2) is 0 Å². The molecule has 0 aromatic carbocycles. The molecule has 1 amide bonds. The van der Waals surface area contributed by atoms with Gasteiger partial charge in [-0.1, -0.05) is 0 Å². The normalized spacial score (nSPS) is 20.8. The largest absolute Gasteiger partial charge is 0.348 e. The van der Waals surface area contributed by atoms with Crippen LogP contribution in [0.2, 0.25) is 0 Å². The lowest BCUT2D eigenvalue weighted by Gasteiger charge is -2.25. The molecule has 1 atom stereocenters. The number of carbonyl (C=O) groups excluding carboxylic acids is 1. The average molecular weight is 326 g/mol. The first-order chi connectivity index (χ1) is 11.6. The summed E-state index contributed by atoms with van der Waals surface area (Å²) >= 11 is 0. The van der Waals surface area contributed by atoms with Crippen molar-refractivity contribution >= 4 is 5.91 Å². The van der Waals surface area contributed by atoms with Crippen LogP contribution < -0.4 is 0 Å². The van der Waals surface area contributed by atoms with Crippen LogP contribution in [0.1, 0.15) is 47.4 Å². The van der Waals surface area contributed by atoms with Gasteiger partial charge in [-0.25, -0.2) is 0 Å². The van der Waals surface area contributed by atoms with E-state index in [9.17, 15) is 4.79 Å². The van der Waals surface area contributed by atoms with Gasteiger partial charge >= 0.3 is 0 Å². The highest BCUT2D eigenvalue weighted by molar-refractivity contribution is 5.96. The smallest absolute Gasteiger partial charge is 0.255 e. The third-order valence-electron chi connectivity index (χ3n) is 5.54. The van der Waals surface area contributed by atoms with Gasteiger partial charge in [-0.2, -0.15) is 5.10 Å². The molecule has 1 saturated heterocycles. The molecular formula is C19H26N4O. The van der Waals surface area contributed by atoms with Crippen LogP contribution in [0.5, 0.6) is 0 Å². The third kappa shape index (κ3) is 2.87. The standard InChI is InChI=1S/C19H26N4O/c1-14-11-18(15(2)23(14)12-16-6-7-16)19(24)22-10-3-5-17(22)13-21-9-4-8-20-21/h4,8-9,11,16-17H,3,5-7,10,12-13H2,1-2H3. The van der Waals surface area contributed by atoms with Gasteiger partial charge in [0.25, 0.3) is 5.91 Å². The molecule has 24 heavy (non-hydrogen) atoms. The van der Waals surface area contributed by atoms with Crippen molar-refractivity contribution in [2.24, 2.45) is 5.92 Å². The number of nitrogens with zero attached hydrogens (tertiary/aromatic N) is 4. The summed E-state index contributed by atoms with van der Waals surface area (Å²) in [6, 6.07) is 4.28. The summed E-state index contributed by atoms with van der Waals surface area (Å²) in [6.07, 6.45) is 8.58. The molecule has 5 heteroatoms. The van der Waals surface area contributed by atoms with E-state index in [0.29, 0.717) is 0 Å². The van der Waals surface area contributed by atoms with Crippen LogP contribution in [-0.4, -0.2) is 37.7 Å². The zero-order valence-electron chi connectivity index (χ0n) is 14.6. The second-order valence-electron chi connectivity index (χ2n) is 7.36. The van der Waals surface area contributed by atoms with E-state index in [-0.39, 0.29) is 11.9 Å². The van der Waals surface area contributed by atoms with E-state index in [2.05, 4.69) is 34.5 Å². The fourth-order valence-corrected chi connectivity index (χ4v) is 3.93. The molecule has 0 radical (unpaired) electrons. The Hall–Kier alpha value is -2.04. The van der Waals surface area contributed by atoms with Crippen molar-refractivity contribution in [1.82, 2.24) is 19.2 Å². The van der Waals surface area contributed by atoms with Crippen LogP contribution >= 0.6 is 0 Å². The molecule has 2 fully saturated rings. The maximum Gasteiger partial charge on any atom is 0.255 e. The highest BCUT2D eigenvalue weighted by atomic mass is 16.2. The first-order valence-electron chi connectivity index (χ1n) is 9.08. The van der Waals surface area contributed by atoms with Crippen LogP contribution in [0.3, 0.4) is 0 Å². The van der Waals surface area contributed by atoms with Crippen molar-refractivity contribution in [2.45, 2.75) is 58.7 Å². The van der Waals surface area contributed by atoms with Crippen LogP contribution in [0, 0.1) is 19.8 Å². The van der Waals surface area contributed by atoms with Crippen molar-refractivity contribution in [3.63, 3.8) is 0 Å². The number of carbonyl (C=O) groups is 1. The Morgan fingerprint density at radius 3 is 2.79 bits per heavy atom. The molecule has 1 aliphatic heterocycles.